The Hall–Kier alpha value is -4.40. The summed E-state index contributed by atoms with van der Waals surface area (Å²) < 4.78 is 29.3. The molecule has 0 unspecified atom stereocenters. The van der Waals surface area contributed by atoms with E-state index in [1.54, 1.807) is 55.5 Å². The molecular formula is C29H29N3O7S. The van der Waals surface area contributed by atoms with Crippen molar-refractivity contribution in [2.24, 2.45) is 4.99 Å². The Bertz CT molecular complexity index is 1630. The molecule has 0 aliphatic carbocycles. The molecule has 11 heteroatoms. The lowest BCUT2D eigenvalue weighted by Crippen LogP contribution is -2.40. The maximum Gasteiger partial charge on any atom is 0.338 e. The molecule has 1 aliphatic rings. The maximum atomic E-state index is 13.9. The van der Waals surface area contributed by atoms with Gasteiger partial charge in [0.25, 0.3) is 5.56 Å². The van der Waals surface area contributed by atoms with Gasteiger partial charge in [-0.05, 0) is 43.7 Å². The standard InChI is InChI=1S/C29H29N3O7S/c1-5-37-26-21(7-6-8-22(26)36-4)25-24(28(34)39-16-15-35-3)18(2)31-29-32(25)27(33)23(40-29)17-19-9-11-20(12-10-19)38-14-13-30/h6-12,17,25H,5,14-16H2,1-4H3/b23-17+/t25-/m0/s1. The van der Waals surface area contributed by atoms with Crippen LogP contribution >= 0.6 is 11.3 Å². The highest BCUT2D eigenvalue weighted by Gasteiger charge is 2.36. The van der Waals surface area contributed by atoms with Gasteiger partial charge < -0.3 is 23.7 Å². The summed E-state index contributed by atoms with van der Waals surface area (Å²) in [5, 5.41) is 8.71. The maximum absolute atomic E-state index is 13.9. The predicted molar refractivity (Wildman–Crippen MR) is 148 cm³/mol. The van der Waals surface area contributed by atoms with Crippen LogP contribution in [0.2, 0.25) is 0 Å². The quantitative estimate of drug-likeness (QED) is 0.258. The molecular weight excluding hydrogens is 534 g/mol. The molecule has 4 rings (SSSR count). The molecule has 208 valence electrons. The molecule has 0 fully saturated rings. The molecule has 0 saturated carbocycles. The first-order chi connectivity index (χ1) is 19.4. The molecule has 1 aromatic heterocycles. The molecule has 40 heavy (non-hydrogen) atoms. The van der Waals surface area contributed by atoms with Crippen molar-refractivity contribution >= 4 is 23.4 Å². The van der Waals surface area contributed by atoms with Gasteiger partial charge in [0, 0.05) is 12.7 Å². The van der Waals surface area contributed by atoms with Crippen LogP contribution in [0.3, 0.4) is 0 Å². The number of benzene rings is 2. The topological polar surface area (TPSA) is 121 Å². The molecule has 0 amide bonds. The van der Waals surface area contributed by atoms with E-state index in [9.17, 15) is 9.59 Å². The molecule has 2 heterocycles. The number of rotatable bonds is 11. The minimum Gasteiger partial charge on any atom is -0.493 e. The zero-order chi connectivity index (χ0) is 28.6. The fourth-order valence-corrected chi connectivity index (χ4v) is 5.35. The Morgan fingerprint density at radius 1 is 1.15 bits per heavy atom. The number of nitriles is 1. The SMILES string of the molecule is CCOc1c(OC)cccc1[C@H]1C(C(=O)OCCOC)=C(C)N=c2s/c(=C/c3ccc(OCC#N)cc3)c(=O)n21. The van der Waals surface area contributed by atoms with Crippen LogP contribution in [0.5, 0.6) is 17.2 Å². The first-order valence-electron chi connectivity index (χ1n) is 12.5. The molecule has 1 aliphatic heterocycles. The normalized spacial score (nSPS) is 14.7. The number of aromatic nitrogens is 1. The van der Waals surface area contributed by atoms with Crippen LogP contribution < -0.4 is 29.1 Å². The minimum atomic E-state index is -0.869. The van der Waals surface area contributed by atoms with Crippen LogP contribution in [0, 0.1) is 11.3 Å². The van der Waals surface area contributed by atoms with Gasteiger partial charge in [-0.3, -0.25) is 9.36 Å². The predicted octanol–water partition coefficient (Wildman–Crippen LogP) is 2.73. The molecule has 2 aromatic carbocycles. The number of carbonyl (C=O) groups excluding carboxylic acids is 1. The third-order valence-corrected chi connectivity index (χ3v) is 7.04. The Morgan fingerprint density at radius 2 is 1.93 bits per heavy atom. The lowest BCUT2D eigenvalue weighted by atomic mass is 9.94. The van der Waals surface area contributed by atoms with Crippen LogP contribution in [0.25, 0.3) is 6.08 Å². The van der Waals surface area contributed by atoms with E-state index in [0.717, 1.165) is 5.56 Å². The van der Waals surface area contributed by atoms with Crippen LogP contribution in [0.1, 0.15) is 31.0 Å². The van der Waals surface area contributed by atoms with Gasteiger partial charge in [0.05, 0.1) is 36.1 Å². The lowest BCUT2D eigenvalue weighted by molar-refractivity contribution is -0.140. The van der Waals surface area contributed by atoms with Crippen molar-refractivity contribution in [3.63, 3.8) is 0 Å². The van der Waals surface area contributed by atoms with E-state index >= 15 is 0 Å². The summed E-state index contributed by atoms with van der Waals surface area (Å²) in [6.45, 7) is 4.14. The summed E-state index contributed by atoms with van der Waals surface area (Å²) in [7, 11) is 3.05. The van der Waals surface area contributed by atoms with Crippen molar-refractivity contribution < 1.29 is 28.5 Å². The van der Waals surface area contributed by atoms with Crippen molar-refractivity contribution in [1.29, 1.82) is 5.26 Å². The van der Waals surface area contributed by atoms with Crippen LogP contribution in [-0.4, -0.2) is 51.2 Å². The van der Waals surface area contributed by atoms with E-state index in [1.807, 2.05) is 13.0 Å². The number of fused-ring (bicyclic) bond motifs is 1. The number of nitrogens with zero attached hydrogens (tertiary/aromatic N) is 3. The van der Waals surface area contributed by atoms with E-state index in [4.69, 9.17) is 28.9 Å². The third kappa shape index (κ3) is 5.93. The zero-order valence-corrected chi connectivity index (χ0v) is 23.4. The van der Waals surface area contributed by atoms with Gasteiger partial charge in [-0.25, -0.2) is 9.79 Å². The number of esters is 1. The molecule has 10 nitrogen and oxygen atoms in total. The molecule has 3 aromatic rings. The molecule has 0 spiro atoms. The second kappa shape index (κ2) is 13.1. The van der Waals surface area contributed by atoms with Gasteiger partial charge >= 0.3 is 5.97 Å². The third-order valence-electron chi connectivity index (χ3n) is 6.06. The zero-order valence-electron chi connectivity index (χ0n) is 22.6. The second-order valence-electron chi connectivity index (χ2n) is 8.54. The highest BCUT2D eigenvalue weighted by atomic mass is 32.1. The summed E-state index contributed by atoms with van der Waals surface area (Å²) in [5.74, 6) is 0.851. The van der Waals surface area contributed by atoms with Crippen LogP contribution in [0.4, 0.5) is 0 Å². The van der Waals surface area contributed by atoms with Crippen LogP contribution in [-0.2, 0) is 14.3 Å². The Kier molecular flexibility index (Phi) is 9.37. The first-order valence-corrected chi connectivity index (χ1v) is 13.3. The summed E-state index contributed by atoms with van der Waals surface area (Å²) in [5.41, 5.74) is 1.67. The van der Waals surface area contributed by atoms with Crippen molar-refractivity contribution in [3.05, 3.63) is 84.5 Å². The summed E-state index contributed by atoms with van der Waals surface area (Å²) >= 11 is 1.22. The van der Waals surface area contributed by atoms with E-state index in [-0.39, 0.29) is 31.0 Å². The van der Waals surface area contributed by atoms with Gasteiger partial charge in [0.1, 0.15) is 24.5 Å². The number of hydrogen-bond acceptors (Lipinski definition) is 10. The second-order valence-corrected chi connectivity index (χ2v) is 9.55. The van der Waals surface area contributed by atoms with E-state index < -0.39 is 12.0 Å². The van der Waals surface area contributed by atoms with Gasteiger partial charge in [-0.15, -0.1) is 0 Å². The van der Waals surface area contributed by atoms with Gasteiger partial charge in [0.15, 0.2) is 22.9 Å². The first kappa shape index (κ1) is 28.6. The van der Waals surface area contributed by atoms with Crippen molar-refractivity contribution in [3.8, 4) is 23.3 Å². The number of hydrogen-bond donors (Lipinski definition) is 0. The Morgan fingerprint density at radius 3 is 2.60 bits per heavy atom. The molecule has 0 radical (unpaired) electrons. The summed E-state index contributed by atoms with van der Waals surface area (Å²) in [6, 6.07) is 13.4. The monoisotopic (exact) mass is 563 g/mol. The molecule has 1 atom stereocenters. The van der Waals surface area contributed by atoms with Gasteiger partial charge in [-0.2, -0.15) is 5.26 Å². The average molecular weight is 564 g/mol. The number of allylic oxidation sites excluding steroid dienone is 1. The number of methoxy groups -OCH3 is 2. The Labute approximate surface area is 235 Å². The minimum absolute atomic E-state index is 0.0494. The number of para-hydroxylation sites is 1. The Balaban J connectivity index is 1.89. The van der Waals surface area contributed by atoms with Crippen molar-refractivity contribution in [2.45, 2.75) is 19.9 Å². The summed E-state index contributed by atoms with van der Waals surface area (Å²) in [4.78, 5) is 32.4. The molecule has 0 bridgehead atoms. The van der Waals surface area contributed by atoms with E-state index in [2.05, 4.69) is 4.99 Å². The fraction of sp³-hybridized carbons (Fsp3) is 0.310. The largest absolute Gasteiger partial charge is 0.493 e. The highest BCUT2D eigenvalue weighted by Crippen LogP contribution is 2.40. The number of ether oxygens (including phenoxy) is 5. The van der Waals surface area contributed by atoms with Gasteiger partial charge in [-0.1, -0.05) is 35.6 Å². The number of thiazole rings is 1. The van der Waals surface area contributed by atoms with Crippen molar-refractivity contribution in [2.75, 3.05) is 40.6 Å². The fourth-order valence-electron chi connectivity index (χ4n) is 4.31. The van der Waals surface area contributed by atoms with E-state index in [1.165, 1.54) is 30.1 Å². The summed E-state index contributed by atoms with van der Waals surface area (Å²) in [6.07, 6.45) is 1.75. The van der Waals surface area contributed by atoms with Crippen molar-refractivity contribution in [1.82, 2.24) is 4.57 Å². The van der Waals surface area contributed by atoms with Crippen LogP contribution in [0.15, 0.2) is 63.5 Å². The highest BCUT2D eigenvalue weighted by molar-refractivity contribution is 7.07. The molecule has 0 saturated heterocycles. The lowest BCUT2D eigenvalue weighted by Gasteiger charge is -2.27. The van der Waals surface area contributed by atoms with E-state index in [0.29, 0.717) is 44.4 Å². The smallest absolute Gasteiger partial charge is 0.338 e. The average Bonchev–Trinajstić information content (AvgIpc) is 3.26. The number of carbonyl (C=O) groups is 1. The van der Waals surface area contributed by atoms with Gasteiger partial charge in [0.2, 0.25) is 0 Å². The molecule has 0 N–H and O–H groups in total.